The topological polar surface area (TPSA) is 85.2 Å². The number of carbonyl (C=O) groups is 1. The summed E-state index contributed by atoms with van der Waals surface area (Å²) in [6, 6.07) is 7.44. The van der Waals surface area contributed by atoms with E-state index in [0.717, 1.165) is 0 Å². The van der Waals surface area contributed by atoms with E-state index in [9.17, 15) is 4.79 Å². The van der Waals surface area contributed by atoms with E-state index in [-0.39, 0.29) is 6.61 Å². The standard InChI is InChI=1S/C14H19BO6/c1-9(12(15)21-11(8-19-2)13(16)17)20-14(18)10-6-4-3-5-7-10/h3-7,9,11-13,16-17H,8H2,1-2H3/t9-,11-,12?/m1/s1. The Morgan fingerprint density at radius 2 is 1.90 bits per heavy atom. The molecule has 0 heterocycles. The lowest BCUT2D eigenvalue weighted by Crippen LogP contribution is -2.41. The van der Waals surface area contributed by atoms with Gasteiger partial charge in [-0.25, -0.2) is 4.79 Å². The Hall–Kier alpha value is -1.41. The van der Waals surface area contributed by atoms with Crippen molar-refractivity contribution in [2.24, 2.45) is 0 Å². The smallest absolute Gasteiger partial charge is 0.338 e. The summed E-state index contributed by atoms with van der Waals surface area (Å²) in [4.78, 5) is 11.8. The molecule has 6 nitrogen and oxygen atoms in total. The van der Waals surface area contributed by atoms with Crippen molar-refractivity contribution >= 4 is 13.8 Å². The Morgan fingerprint density at radius 1 is 1.29 bits per heavy atom. The summed E-state index contributed by atoms with van der Waals surface area (Å²) in [6.45, 7) is 1.50. The van der Waals surface area contributed by atoms with E-state index in [1.807, 2.05) is 0 Å². The predicted molar refractivity (Wildman–Crippen MR) is 75.8 cm³/mol. The van der Waals surface area contributed by atoms with Crippen LogP contribution in [0.4, 0.5) is 0 Å². The second kappa shape index (κ2) is 8.79. The van der Waals surface area contributed by atoms with Crippen molar-refractivity contribution in [3.63, 3.8) is 0 Å². The van der Waals surface area contributed by atoms with Crippen molar-refractivity contribution < 1.29 is 29.2 Å². The number of aliphatic hydroxyl groups is 2. The van der Waals surface area contributed by atoms with E-state index in [4.69, 9.17) is 32.3 Å². The maximum atomic E-state index is 11.8. The average Bonchev–Trinajstić information content (AvgIpc) is 2.47. The Morgan fingerprint density at radius 3 is 2.43 bits per heavy atom. The third kappa shape index (κ3) is 5.85. The summed E-state index contributed by atoms with van der Waals surface area (Å²) in [7, 11) is 7.13. The van der Waals surface area contributed by atoms with Gasteiger partial charge in [-0.15, -0.1) is 0 Å². The van der Waals surface area contributed by atoms with Gasteiger partial charge >= 0.3 is 5.97 Å². The van der Waals surface area contributed by atoms with Crippen LogP contribution in [0.1, 0.15) is 17.3 Å². The van der Waals surface area contributed by atoms with Gasteiger partial charge < -0.3 is 24.4 Å². The van der Waals surface area contributed by atoms with Crippen LogP contribution in [-0.2, 0) is 14.2 Å². The SMILES string of the molecule is [B]C(O[C@H](COC)C(O)O)[C@@H](C)OC(=O)c1ccccc1. The van der Waals surface area contributed by atoms with Gasteiger partial charge in [0.1, 0.15) is 20.1 Å². The minimum Gasteiger partial charge on any atom is -0.457 e. The number of rotatable bonds is 8. The second-order valence-electron chi connectivity index (χ2n) is 4.48. The largest absolute Gasteiger partial charge is 0.457 e. The molecule has 2 N–H and O–H groups in total. The van der Waals surface area contributed by atoms with Gasteiger partial charge in [-0.2, -0.15) is 0 Å². The molecule has 0 aromatic heterocycles. The quantitative estimate of drug-likeness (QED) is 0.401. The molecule has 0 aliphatic rings. The summed E-state index contributed by atoms with van der Waals surface area (Å²) in [5, 5.41) is 18.2. The molecule has 0 amide bonds. The lowest BCUT2D eigenvalue weighted by Gasteiger charge is -2.27. The lowest BCUT2D eigenvalue weighted by atomic mass is 9.94. The van der Waals surface area contributed by atoms with E-state index in [1.165, 1.54) is 7.11 Å². The van der Waals surface area contributed by atoms with Crippen molar-refractivity contribution in [2.45, 2.75) is 31.4 Å². The Kier molecular flexibility index (Phi) is 7.38. The molecule has 0 spiro atoms. The van der Waals surface area contributed by atoms with Gasteiger partial charge in [0.05, 0.1) is 18.2 Å². The molecule has 7 heteroatoms. The van der Waals surface area contributed by atoms with Crippen LogP contribution in [0.15, 0.2) is 30.3 Å². The minimum absolute atomic E-state index is 0.0509. The molecular weight excluding hydrogens is 275 g/mol. The fraction of sp³-hybridized carbons (Fsp3) is 0.500. The third-order valence-corrected chi connectivity index (χ3v) is 2.76. The predicted octanol–water partition coefficient (Wildman–Crippen LogP) is 0.0688. The van der Waals surface area contributed by atoms with Crippen molar-refractivity contribution in [1.82, 2.24) is 0 Å². The van der Waals surface area contributed by atoms with E-state index in [0.29, 0.717) is 5.56 Å². The molecule has 0 saturated heterocycles. The molecule has 1 rings (SSSR count). The first kappa shape index (κ1) is 17.6. The Bertz CT molecular complexity index is 425. The first-order valence-electron chi connectivity index (χ1n) is 6.47. The molecule has 1 unspecified atom stereocenters. The van der Waals surface area contributed by atoms with Gasteiger partial charge in [0.2, 0.25) is 0 Å². The van der Waals surface area contributed by atoms with Crippen molar-refractivity contribution in [1.29, 1.82) is 0 Å². The van der Waals surface area contributed by atoms with E-state index in [2.05, 4.69) is 0 Å². The van der Waals surface area contributed by atoms with Crippen molar-refractivity contribution in [3.8, 4) is 0 Å². The first-order valence-corrected chi connectivity index (χ1v) is 6.47. The monoisotopic (exact) mass is 294 g/mol. The van der Waals surface area contributed by atoms with Crippen LogP contribution >= 0.6 is 0 Å². The summed E-state index contributed by atoms with van der Waals surface area (Å²) in [5.41, 5.74) is 0.396. The van der Waals surface area contributed by atoms with E-state index >= 15 is 0 Å². The first-order chi connectivity index (χ1) is 9.95. The summed E-state index contributed by atoms with van der Waals surface area (Å²) < 4.78 is 15.2. The molecule has 0 fully saturated rings. The summed E-state index contributed by atoms with van der Waals surface area (Å²) >= 11 is 0. The van der Waals surface area contributed by atoms with Gasteiger partial charge in [0.25, 0.3) is 0 Å². The zero-order valence-electron chi connectivity index (χ0n) is 12.0. The Balaban J connectivity index is 2.54. The zero-order chi connectivity index (χ0) is 15.8. The summed E-state index contributed by atoms with van der Waals surface area (Å²) in [5.74, 6) is -0.532. The average molecular weight is 294 g/mol. The molecule has 1 aromatic rings. The van der Waals surface area contributed by atoms with Gasteiger partial charge in [-0.3, -0.25) is 0 Å². The normalized spacial score (nSPS) is 15.5. The number of hydrogen-bond acceptors (Lipinski definition) is 6. The van der Waals surface area contributed by atoms with Crippen molar-refractivity contribution in [2.75, 3.05) is 13.7 Å². The highest BCUT2D eigenvalue weighted by atomic mass is 16.6. The number of benzene rings is 1. The highest BCUT2D eigenvalue weighted by Gasteiger charge is 2.25. The fourth-order valence-corrected chi connectivity index (χ4v) is 1.55. The molecule has 0 aliphatic carbocycles. The van der Waals surface area contributed by atoms with Crippen LogP contribution in [-0.4, -0.2) is 62.2 Å². The molecule has 0 saturated carbocycles. The van der Waals surface area contributed by atoms with Crippen LogP contribution in [0.2, 0.25) is 0 Å². The van der Waals surface area contributed by atoms with E-state index < -0.39 is 30.5 Å². The maximum absolute atomic E-state index is 11.8. The maximum Gasteiger partial charge on any atom is 0.338 e. The number of methoxy groups -OCH3 is 1. The van der Waals surface area contributed by atoms with Gasteiger partial charge in [0, 0.05) is 7.11 Å². The van der Waals surface area contributed by atoms with Gasteiger partial charge in [0.15, 0.2) is 6.29 Å². The van der Waals surface area contributed by atoms with Crippen molar-refractivity contribution in [3.05, 3.63) is 35.9 Å². The zero-order valence-corrected chi connectivity index (χ0v) is 12.0. The third-order valence-electron chi connectivity index (χ3n) is 2.76. The van der Waals surface area contributed by atoms with Gasteiger partial charge in [-0.1, -0.05) is 18.2 Å². The number of aliphatic hydroxyl groups excluding tert-OH is 1. The second-order valence-corrected chi connectivity index (χ2v) is 4.48. The molecule has 114 valence electrons. The summed E-state index contributed by atoms with van der Waals surface area (Å²) in [6.07, 6.45) is -3.54. The minimum atomic E-state index is -1.74. The highest BCUT2D eigenvalue weighted by molar-refractivity contribution is 6.11. The van der Waals surface area contributed by atoms with Crippen LogP contribution in [0.5, 0.6) is 0 Å². The Labute approximate surface area is 125 Å². The molecule has 0 bridgehead atoms. The number of hydrogen-bond donors (Lipinski definition) is 2. The van der Waals surface area contributed by atoms with Crippen LogP contribution in [0.3, 0.4) is 0 Å². The van der Waals surface area contributed by atoms with Crippen LogP contribution < -0.4 is 0 Å². The lowest BCUT2D eigenvalue weighted by molar-refractivity contribution is -0.178. The van der Waals surface area contributed by atoms with Crippen LogP contribution in [0, 0.1) is 0 Å². The number of carbonyl (C=O) groups excluding carboxylic acids is 1. The van der Waals surface area contributed by atoms with E-state index in [1.54, 1.807) is 37.3 Å². The highest BCUT2D eigenvalue weighted by Crippen LogP contribution is 2.10. The number of esters is 1. The number of ether oxygens (including phenoxy) is 3. The molecule has 2 radical (unpaired) electrons. The molecule has 21 heavy (non-hydrogen) atoms. The molecule has 0 aliphatic heterocycles. The fourth-order valence-electron chi connectivity index (χ4n) is 1.55. The van der Waals surface area contributed by atoms with Crippen LogP contribution in [0.25, 0.3) is 0 Å². The molecule has 3 atom stereocenters. The molecule has 1 aromatic carbocycles. The molecular formula is C14H19BO6. The van der Waals surface area contributed by atoms with Gasteiger partial charge in [-0.05, 0) is 19.1 Å².